The van der Waals surface area contributed by atoms with Gasteiger partial charge < -0.3 is 15.2 Å². The predicted molar refractivity (Wildman–Crippen MR) is 116 cm³/mol. The average molecular weight is 492 g/mol. The molecule has 35 heavy (non-hydrogen) atoms. The van der Waals surface area contributed by atoms with Gasteiger partial charge in [-0.2, -0.15) is 13.2 Å². The first-order chi connectivity index (χ1) is 16.7. The number of alkyl halides is 3. The van der Waals surface area contributed by atoms with Crippen LogP contribution in [-0.2, 0) is 19.2 Å². The summed E-state index contributed by atoms with van der Waals surface area (Å²) in [6, 6.07) is 15.2. The highest BCUT2D eigenvalue weighted by Gasteiger charge is 2.46. The van der Waals surface area contributed by atoms with Gasteiger partial charge in [0.05, 0.1) is 0 Å². The molecule has 0 heterocycles. The fourth-order valence-corrected chi connectivity index (χ4v) is 4.13. The molecular weight excluding hydrogens is 469 g/mol. The first kappa shape index (κ1) is 24.5. The molecule has 3 N–H and O–H groups in total. The number of carboxylic acids is 1. The summed E-state index contributed by atoms with van der Waals surface area (Å²) in [6.45, 7) is -1.20. The fraction of sp³-hybridized carbons (Fsp3) is 0.375. The third-order valence-electron chi connectivity index (χ3n) is 6.09. The van der Waals surface area contributed by atoms with Gasteiger partial charge in [0.15, 0.2) is 12.0 Å². The molecule has 0 aromatic heterocycles. The van der Waals surface area contributed by atoms with Crippen LogP contribution >= 0.6 is 0 Å². The molecule has 2 aliphatic rings. The van der Waals surface area contributed by atoms with Crippen molar-refractivity contribution in [3.63, 3.8) is 0 Å². The minimum absolute atomic E-state index is 0.104. The summed E-state index contributed by atoms with van der Waals surface area (Å²) in [5, 5.41) is 11.0. The van der Waals surface area contributed by atoms with Crippen LogP contribution in [0.5, 0.6) is 0 Å². The number of alkyl carbamates (subject to hydrolysis) is 1. The lowest BCUT2D eigenvalue weighted by Crippen LogP contribution is -2.48. The quantitative estimate of drug-likeness (QED) is 0.461. The standard InChI is InChI=1S/C24H23F3N2O6/c25-24(26,27)19(21(30)29-35-20(22(31)32)13-9-10-13)11-28-23(33)34-12-18-16-7-3-1-5-14(16)15-6-2-4-8-17(15)18/h1-8,13,18-20H,9-12H2,(H,28,33)(H,29,30)(H,31,32). The number of aliphatic carboxylic acids is 1. The van der Waals surface area contributed by atoms with E-state index in [4.69, 9.17) is 14.7 Å². The molecule has 0 saturated heterocycles. The highest BCUT2D eigenvalue weighted by atomic mass is 19.4. The number of rotatable bonds is 9. The van der Waals surface area contributed by atoms with E-state index in [0.717, 1.165) is 22.3 Å². The fourth-order valence-electron chi connectivity index (χ4n) is 4.13. The molecule has 0 radical (unpaired) electrons. The average Bonchev–Trinajstić information content (AvgIpc) is 3.59. The lowest BCUT2D eigenvalue weighted by molar-refractivity contribution is -0.192. The second kappa shape index (κ2) is 9.95. The van der Waals surface area contributed by atoms with Crippen molar-refractivity contribution in [1.82, 2.24) is 10.8 Å². The van der Waals surface area contributed by atoms with Gasteiger partial charge in [-0.1, -0.05) is 48.5 Å². The number of amides is 2. The van der Waals surface area contributed by atoms with E-state index in [9.17, 15) is 27.6 Å². The van der Waals surface area contributed by atoms with Crippen molar-refractivity contribution in [2.24, 2.45) is 11.8 Å². The number of fused-ring (bicyclic) bond motifs is 3. The number of hydroxylamine groups is 1. The summed E-state index contributed by atoms with van der Waals surface area (Å²) >= 11 is 0. The van der Waals surface area contributed by atoms with Gasteiger partial charge in [0, 0.05) is 12.5 Å². The van der Waals surface area contributed by atoms with E-state index in [1.165, 1.54) is 0 Å². The number of nitrogens with one attached hydrogen (secondary N) is 2. The zero-order valence-electron chi connectivity index (χ0n) is 18.4. The van der Waals surface area contributed by atoms with Crippen molar-refractivity contribution in [2.75, 3.05) is 13.2 Å². The van der Waals surface area contributed by atoms with Crippen LogP contribution in [0.25, 0.3) is 11.1 Å². The molecule has 2 aromatic carbocycles. The molecule has 2 atom stereocenters. The molecule has 0 aliphatic heterocycles. The number of hydrogen-bond acceptors (Lipinski definition) is 5. The maximum absolute atomic E-state index is 13.4. The number of halogens is 3. The maximum atomic E-state index is 13.4. The van der Waals surface area contributed by atoms with E-state index in [-0.39, 0.29) is 18.4 Å². The zero-order chi connectivity index (χ0) is 25.2. The lowest BCUT2D eigenvalue weighted by atomic mass is 9.98. The van der Waals surface area contributed by atoms with Gasteiger partial charge in [-0.25, -0.2) is 15.1 Å². The van der Waals surface area contributed by atoms with Crippen molar-refractivity contribution in [2.45, 2.75) is 31.0 Å². The van der Waals surface area contributed by atoms with Crippen LogP contribution in [0.4, 0.5) is 18.0 Å². The summed E-state index contributed by atoms with van der Waals surface area (Å²) in [5.41, 5.74) is 5.46. The summed E-state index contributed by atoms with van der Waals surface area (Å²) in [7, 11) is 0. The van der Waals surface area contributed by atoms with E-state index in [1.54, 1.807) is 5.48 Å². The van der Waals surface area contributed by atoms with E-state index in [1.807, 2.05) is 53.8 Å². The Labute approximate surface area is 198 Å². The monoisotopic (exact) mass is 492 g/mol. The molecule has 4 rings (SSSR count). The Hall–Kier alpha value is -3.60. The topological polar surface area (TPSA) is 114 Å². The van der Waals surface area contributed by atoms with E-state index < -0.39 is 42.7 Å². The van der Waals surface area contributed by atoms with Crippen LogP contribution < -0.4 is 10.8 Å². The zero-order valence-corrected chi connectivity index (χ0v) is 18.4. The van der Waals surface area contributed by atoms with Gasteiger partial charge in [-0.15, -0.1) is 0 Å². The smallest absolute Gasteiger partial charge is 0.407 e. The molecule has 1 fully saturated rings. The Morgan fingerprint density at radius 2 is 1.57 bits per heavy atom. The summed E-state index contributed by atoms with van der Waals surface area (Å²) < 4.78 is 45.4. The van der Waals surface area contributed by atoms with Crippen LogP contribution in [0.3, 0.4) is 0 Å². The second-order valence-corrected chi connectivity index (χ2v) is 8.48. The van der Waals surface area contributed by atoms with Crippen molar-refractivity contribution < 1.29 is 42.2 Å². The molecule has 2 aromatic rings. The number of ether oxygens (including phenoxy) is 1. The number of hydrogen-bond donors (Lipinski definition) is 3. The van der Waals surface area contributed by atoms with Crippen LogP contribution in [0, 0.1) is 11.8 Å². The number of carboxylic acid groups (broad SMARTS) is 1. The first-order valence-electron chi connectivity index (χ1n) is 11.0. The third-order valence-corrected chi connectivity index (χ3v) is 6.09. The minimum atomic E-state index is -5.01. The van der Waals surface area contributed by atoms with Gasteiger partial charge >= 0.3 is 18.2 Å². The third kappa shape index (κ3) is 5.56. The van der Waals surface area contributed by atoms with Gasteiger partial charge in [0.1, 0.15) is 6.61 Å². The maximum Gasteiger partial charge on any atom is 0.407 e. The molecule has 0 bridgehead atoms. The summed E-state index contributed by atoms with van der Waals surface area (Å²) in [6.07, 6.45) is -6.47. The Morgan fingerprint density at radius 1 is 1.00 bits per heavy atom. The van der Waals surface area contributed by atoms with Crippen LogP contribution in [0.15, 0.2) is 48.5 Å². The lowest BCUT2D eigenvalue weighted by Gasteiger charge is -2.21. The Balaban J connectivity index is 1.33. The molecule has 186 valence electrons. The Kier molecular flexibility index (Phi) is 6.97. The second-order valence-electron chi connectivity index (χ2n) is 8.48. The van der Waals surface area contributed by atoms with E-state index in [0.29, 0.717) is 12.8 Å². The SMILES string of the molecule is O=C(NCC(C(=O)NOC(C(=O)O)C1CC1)C(F)(F)F)OCC1c2ccccc2-c2ccccc21. The highest BCUT2D eigenvalue weighted by molar-refractivity contribution is 5.81. The van der Waals surface area contributed by atoms with Gasteiger partial charge in [0.2, 0.25) is 0 Å². The van der Waals surface area contributed by atoms with E-state index in [2.05, 4.69) is 0 Å². The highest BCUT2D eigenvalue weighted by Crippen LogP contribution is 2.44. The van der Waals surface area contributed by atoms with Gasteiger partial charge in [-0.3, -0.25) is 9.63 Å². The normalized spacial score (nSPS) is 16.5. The van der Waals surface area contributed by atoms with Crippen molar-refractivity contribution in [3.05, 3.63) is 59.7 Å². The molecular formula is C24H23F3N2O6. The van der Waals surface area contributed by atoms with Crippen molar-refractivity contribution >= 4 is 18.0 Å². The molecule has 2 unspecified atom stereocenters. The molecule has 0 spiro atoms. The van der Waals surface area contributed by atoms with Gasteiger partial charge in [0.25, 0.3) is 5.91 Å². The Morgan fingerprint density at radius 3 is 2.09 bits per heavy atom. The Bertz CT molecular complexity index is 1070. The summed E-state index contributed by atoms with van der Waals surface area (Å²) in [4.78, 5) is 40.1. The number of benzene rings is 2. The molecule has 2 aliphatic carbocycles. The molecule has 11 heteroatoms. The van der Waals surface area contributed by atoms with Crippen LogP contribution in [0.1, 0.15) is 29.9 Å². The number of carbonyl (C=O) groups is 3. The van der Waals surface area contributed by atoms with Crippen LogP contribution in [0.2, 0.25) is 0 Å². The summed E-state index contributed by atoms with van der Waals surface area (Å²) in [5.74, 6) is -6.29. The largest absolute Gasteiger partial charge is 0.479 e. The molecule has 2 amide bonds. The van der Waals surface area contributed by atoms with Crippen molar-refractivity contribution in [3.8, 4) is 11.1 Å². The van der Waals surface area contributed by atoms with Crippen molar-refractivity contribution in [1.29, 1.82) is 0 Å². The number of carbonyl (C=O) groups excluding carboxylic acids is 2. The first-order valence-corrected chi connectivity index (χ1v) is 11.0. The van der Waals surface area contributed by atoms with Crippen LogP contribution in [-0.4, -0.2) is 48.5 Å². The van der Waals surface area contributed by atoms with E-state index >= 15 is 0 Å². The predicted octanol–water partition coefficient (Wildman–Crippen LogP) is 3.61. The van der Waals surface area contributed by atoms with Gasteiger partial charge in [-0.05, 0) is 41.0 Å². The molecule has 8 nitrogen and oxygen atoms in total. The minimum Gasteiger partial charge on any atom is -0.479 e. The molecule has 1 saturated carbocycles.